The highest BCUT2D eigenvalue weighted by atomic mass is 16.6. The number of piperazine rings is 1. The van der Waals surface area contributed by atoms with E-state index < -0.39 is 5.63 Å². The summed E-state index contributed by atoms with van der Waals surface area (Å²) in [4.78, 5) is 27.2. The van der Waals surface area contributed by atoms with E-state index in [1.54, 1.807) is 12.1 Å². The van der Waals surface area contributed by atoms with E-state index in [4.69, 9.17) is 4.42 Å². The second-order valence-corrected chi connectivity index (χ2v) is 7.43. The fraction of sp³-hybridized carbons (Fsp3) is 0.318. The molecule has 0 saturated carbocycles. The van der Waals surface area contributed by atoms with E-state index in [1.807, 2.05) is 24.0 Å². The molecule has 4 rings (SSSR count). The molecule has 1 saturated heterocycles. The maximum absolute atomic E-state index is 12.0. The van der Waals surface area contributed by atoms with Gasteiger partial charge in [0.2, 0.25) is 0 Å². The summed E-state index contributed by atoms with van der Waals surface area (Å²) in [7, 11) is 0. The SMILES string of the molecule is CCc1cc2c(CN3CCN(c4ccccc4[N+](=O)[O-])CC3)cc(=O)oc2cc1O. The molecule has 0 spiro atoms. The topological polar surface area (TPSA) is 100 Å². The molecule has 2 heterocycles. The van der Waals surface area contributed by atoms with Crippen molar-refractivity contribution >= 4 is 22.3 Å². The number of benzene rings is 2. The quantitative estimate of drug-likeness (QED) is 0.392. The second kappa shape index (κ2) is 8.16. The maximum Gasteiger partial charge on any atom is 0.336 e. The van der Waals surface area contributed by atoms with Gasteiger partial charge in [-0.2, -0.15) is 0 Å². The molecule has 8 heteroatoms. The molecule has 8 nitrogen and oxygen atoms in total. The second-order valence-electron chi connectivity index (χ2n) is 7.43. The van der Waals surface area contributed by atoms with Crippen LogP contribution in [0.2, 0.25) is 0 Å². The van der Waals surface area contributed by atoms with Gasteiger partial charge in [0.25, 0.3) is 5.69 Å². The molecule has 1 aromatic heterocycles. The zero-order chi connectivity index (χ0) is 21.3. The number of phenolic OH excluding ortho intramolecular Hbond substituents is 1. The van der Waals surface area contributed by atoms with Gasteiger partial charge in [-0.1, -0.05) is 19.1 Å². The number of para-hydroxylation sites is 2. The molecule has 0 aliphatic carbocycles. The Balaban J connectivity index is 1.54. The average molecular weight is 409 g/mol. The highest BCUT2D eigenvalue weighted by Gasteiger charge is 2.24. The Morgan fingerprint density at radius 1 is 1.10 bits per heavy atom. The number of nitrogens with zero attached hydrogens (tertiary/aromatic N) is 3. The van der Waals surface area contributed by atoms with Crippen LogP contribution in [0.1, 0.15) is 18.1 Å². The molecule has 1 aliphatic rings. The molecule has 1 fully saturated rings. The lowest BCUT2D eigenvalue weighted by Gasteiger charge is -2.35. The normalized spacial score (nSPS) is 14.9. The molecule has 0 bridgehead atoms. The Kier molecular flexibility index (Phi) is 5.41. The summed E-state index contributed by atoms with van der Waals surface area (Å²) >= 11 is 0. The van der Waals surface area contributed by atoms with Gasteiger partial charge in [-0.25, -0.2) is 4.79 Å². The van der Waals surface area contributed by atoms with E-state index in [2.05, 4.69) is 4.90 Å². The third-order valence-electron chi connectivity index (χ3n) is 5.60. The smallest absolute Gasteiger partial charge is 0.336 e. The molecular weight excluding hydrogens is 386 g/mol. The molecule has 30 heavy (non-hydrogen) atoms. The van der Waals surface area contributed by atoms with Crippen molar-refractivity contribution in [2.75, 3.05) is 31.1 Å². The van der Waals surface area contributed by atoms with Gasteiger partial charge in [0.15, 0.2) is 0 Å². The molecule has 1 aliphatic heterocycles. The van der Waals surface area contributed by atoms with Crippen LogP contribution in [0.3, 0.4) is 0 Å². The van der Waals surface area contributed by atoms with Crippen LogP contribution in [0.4, 0.5) is 11.4 Å². The Morgan fingerprint density at radius 3 is 2.53 bits per heavy atom. The minimum absolute atomic E-state index is 0.115. The fourth-order valence-corrected chi connectivity index (χ4v) is 3.99. The lowest BCUT2D eigenvalue weighted by molar-refractivity contribution is -0.384. The van der Waals surface area contributed by atoms with E-state index in [1.165, 1.54) is 18.2 Å². The first-order chi connectivity index (χ1) is 14.5. The summed E-state index contributed by atoms with van der Waals surface area (Å²) in [5.74, 6) is 0.128. The van der Waals surface area contributed by atoms with Crippen molar-refractivity contribution in [2.45, 2.75) is 19.9 Å². The number of hydrogen-bond acceptors (Lipinski definition) is 7. The molecule has 3 aromatic rings. The molecule has 0 radical (unpaired) electrons. The van der Waals surface area contributed by atoms with Gasteiger partial charge in [-0.15, -0.1) is 0 Å². The molecule has 0 unspecified atom stereocenters. The standard InChI is InChI=1S/C22H23N3O5/c1-2-15-11-17-16(12-22(27)30-21(17)13-20(15)26)14-23-7-9-24(10-8-23)18-5-3-4-6-19(18)25(28)29/h3-6,11-13,26H,2,7-10,14H2,1H3. The summed E-state index contributed by atoms with van der Waals surface area (Å²) in [6, 6.07) is 11.7. The predicted octanol–water partition coefficient (Wildman–Crippen LogP) is 3.29. The third-order valence-corrected chi connectivity index (χ3v) is 5.60. The fourth-order valence-electron chi connectivity index (χ4n) is 3.99. The molecule has 2 aromatic carbocycles. The Labute approximate surface area is 173 Å². The number of aromatic hydroxyl groups is 1. The summed E-state index contributed by atoms with van der Waals surface area (Å²) in [6.45, 7) is 5.28. The zero-order valence-electron chi connectivity index (χ0n) is 16.7. The molecule has 0 atom stereocenters. The number of anilines is 1. The highest BCUT2D eigenvalue weighted by Crippen LogP contribution is 2.30. The van der Waals surface area contributed by atoms with Crippen molar-refractivity contribution in [2.24, 2.45) is 0 Å². The Morgan fingerprint density at radius 2 is 1.83 bits per heavy atom. The summed E-state index contributed by atoms with van der Waals surface area (Å²) in [6.07, 6.45) is 0.675. The number of nitro benzene ring substituents is 1. The predicted molar refractivity (Wildman–Crippen MR) is 114 cm³/mol. The van der Waals surface area contributed by atoms with Crippen LogP contribution in [-0.4, -0.2) is 41.1 Å². The van der Waals surface area contributed by atoms with Crippen LogP contribution >= 0.6 is 0 Å². The first kappa shape index (κ1) is 19.9. The average Bonchev–Trinajstić information content (AvgIpc) is 2.73. The zero-order valence-corrected chi connectivity index (χ0v) is 16.7. The van der Waals surface area contributed by atoms with Crippen molar-refractivity contribution in [1.29, 1.82) is 0 Å². The summed E-state index contributed by atoms with van der Waals surface area (Å²) in [5.41, 5.74) is 2.35. The highest BCUT2D eigenvalue weighted by molar-refractivity contribution is 5.82. The Hall–Kier alpha value is -3.39. The molecule has 156 valence electrons. The minimum Gasteiger partial charge on any atom is -0.508 e. The van der Waals surface area contributed by atoms with E-state index >= 15 is 0 Å². The van der Waals surface area contributed by atoms with Crippen LogP contribution in [0.25, 0.3) is 11.0 Å². The largest absolute Gasteiger partial charge is 0.508 e. The van der Waals surface area contributed by atoms with Gasteiger partial charge in [0, 0.05) is 56.3 Å². The van der Waals surface area contributed by atoms with Crippen LogP contribution in [-0.2, 0) is 13.0 Å². The van der Waals surface area contributed by atoms with E-state index in [0.29, 0.717) is 50.4 Å². The van der Waals surface area contributed by atoms with Gasteiger partial charge in [0.1, 0.15) is 17.0 Å². The van der Waals surface area contributed by atoms with E-state index in [-0.39, 0.29) is 16.4 Å². The lowest BCUT2D eigenvalue weighted by atomic mass is 10.0. The first-order valence-electron chi connectivity index (χ1n) is 9.95. The van der Waals surface area contributed by atoms with Crippen molar-refractivity contribution < 1.29 is 14.4 Å². The van der Waals surface area contributed by atoms with Crippen molar-refractivity contribution in [3.63, 3.8) is 0 Å². The van der Waals surface area contributed by atoms with Crippen LogP contribution < -0.4 is 10.5 Å². The van der Waals surface area contributed by atoms with Crippen molar-refractivity contribution in [1.82, 2.24) is 4.90 Å². The number of rotatable bonds is 5. The number of aryl methyl sites for hydroxylation is 1. The van der Waals surface area contributed by atoms with Crippen LogP contribution in [0.15, 0.2) is 51.7 Å². The third kappa shape index (κ3) is 3.86. The minimum atomic E-state index is -0.445. The number of hydrogen-bond donors (Lipinski definition) is 1. The molecule has 1 N–H and O–H groups in total. The van der Waals surface area contributed by atoms with Crippen LogP contribution in [0, 0.1) is 10.1 Å². The molecular formula is C22H23N3O5. The lowest BCUT2D eigenvalue weighted by Crippen LogP contribution is -2.46. The molecule has 0 amide bonds. The Bertz CT molecular complexity index is 1150. The van der Waals surface area contributed by atoms with Gasteiger partial charge < -0.3 is 14.4 Å². The number of nitro groups is 1. The van der Waals surface area contributed by atoms with Crippen molar-refractivity contribution in [3.05, 3.63) is 74.1 Å². The number of phenols is 1. The maximum atomic E-state index is 12.0. The monoisotopic (exact) mass is 409 g/mol. The summed E-state index contributed by atoms with van der Waals surface area (Å²) < 4.78 is 5.28. The van der Waals surface area contributed by atoms with E-state index in [9.17, 15) is 20.0 Å². The van der Waals surface area contributed by atoms with Crippen LogP contribution in [0.5, 0.6) is 5.75 Å². The van der Waals surface area contributed by atoms with Crippen molar-refractivity contribution in [3.8, 4) is 5.75 Å². The number of fused-ring (bicyclic) bond motifs is 1. The van der Waals surface area contributed by atoms with Gasteiger partial charge in [-0.3, -0.25) is 15.0 Å². The first-order valence-corrected chi connectivity index (χ1v) is 9.95. The van der Waals surface area contributed by atoms with Gasteiger partial charge in [0.05, 0.1) is 4.92 Å². The van der Waals surface area contributed by atoms with E-state index in [0.717, 1.165) is 16.5 Å². The summed E-state index contributed by atoms with van der Waals surface area (Å²) in [5, 5.41) is 22.2. The van der Waals surface area contributed by atoms with Gasteiger partial charge >= 0.3 is 5.63 Å². The van der Waals surface area contributed by atoms with Gasteiger partial charge in [-0.05, 0) is 29.7 Å².